The molecular weight excluding hydrogens is 240 g/mol. The van der Waals surface area contributed by atoms with Crippen LogP contribution in [0.5, 0.6) is 0 Å². The zero-order valence-electron chi connectivity index (χ0n) is 12.3. The van der Waals surface area contributed by atoms with E-state index in [1.165, 1.54) is 0 Å². The van der Waals surface area contributed by atoms with Crippen molar-refractivity contribution in [2.75, 3.05) is 39.2 Å². The van der Waals surface area contributed by atoms with Gasteiger partial charge in [0.1, 0.15) is 0 Å². The predicted octanol–water partition coefficient (Wildman–Crippen LogP) is 2.54. The van der Waals surface area contributed by atoms with E-state index in [9.17, 15) is 4.79 Å². The van der Waals surface area contributed by atoms with Crippen LogP contribution in [0.15, 0.2) is 18.2 Å². The van der Waals surface area contributed by atoms with Crippen molar-refractivity contribution < 1.29 is 9.53 Å². The van der Waals surface area contributed by atoms with Gasteiger partial charge in [-0.2, -0.15) is 0 Å². The van der Waals surface area contributed by atoms with Crippen molar-refractivity contribution in [3.05, 3.63) is 29.3 Å². The molecule has 106 valence electrons. The van der Waals surface area contributed by atoms with Crippen LogP contribution < -0.4 is 5.32 Å². The third-order valence-electron chi connectivity index (χ3n) is 2.95. The molecule has 0 aliphatic rings. The van der Waals surface area contributed by atoms with Crippen LogP contribution in [0.25, 0.3) is 0 Å². The Morgan fingerprint density at radius 3 is 2.79 bits per heavy atom. The summed E-state index contributed by atoms with van der Waals surface area (Å²) in [7, 11) is 3.43. The second-order valence-corrected chi connectivity index (χ2v) is 4.70. The van der Waals surface area contributed by atoms with E-state index in [1.54, 1.807) is 19.1 Å². The first kappa shape index (κ1) is 15.5. The molecule has 0 aliphatic heterocycles. The van der Waals surface area contributed by atoms with Gasteiger partial charge in [-0.15, -0.1) is 0 Å². The molecule has 0 heterocycles. The van der Waals surface area contributed by atoms with Gasteiger partial charge in [-0.1, -0.05) is 13.0 Å². The highest BCUT2D eigenvalue weighted by Gasteiger charge is 2.15. The van der Waals surface area contributed by atoms with Gasteiger partial charge in [0.2, 0.25) is 0 Å². The lowest BCUT2D eigenvalue weighted by Crippen LogP contribution is -2.30. The zero-order valence-corrected chi connectivity index (χ0v) is 12.3. The highest BCUT2D eigenvalue weighted by Crippen LogP contribution is 2.19. The van der Waals surface area contributed by atoms with E-state index in [0.29, 0.717) is 13.2 Å². The Balaban J connectivity index is 2.88. The third-order valence-corrected chi connectivity index (χ3v) is 2.95. The van der Waals surface area contributed by atoms with Gasteiger partial charge in [0.15, 0.2) is 0 Å². The summed E-state index contributed by atoms with van der Waals surface area (Å²) in [6.07, 6.45) is 1.03. The summed E-state index contributed by atoms with van der Waals surface area (Å²) in [5.41, 5.74) is 2.78. The van der Waals surface area contributed by atoms with Crippen LogP contribution in [0.2, 0.25) is 0 Å². The van der Waals surface area contributed by atoms with Gasteiger partial charge < -0.3 is 15.0 Å². The van der Waals surface area contributed by atoms with Gasteiger partial charge in [-0.05, 0) is 31.0 Å². The fraction of sp³-hybridized carbons (Fsp3) is 0.533. The molecule has 1 N–H and O–H groups in total. The molecule has 1 aromatic carbocycles. The fourth-order valence-corrected chi connectivity index (χ4v) is 1.79. The van der Waals surface area contributed by atoms with E-state index in [-0.39, 0.29) is 5.91 Å². The van der Waals surface area contributed by atoms with Crippen LogP contribution in [0, 0.1) is 6.92 Å². The van der Waals surface area contributed by atoms with Crippen LogP contribution in [0.3, 0.4) is 0 Å². The van der Waals surface area contributed by atoms with E-state index < -0.39 is 0 Å². The Hall–Kier alpha value is -1.55. The normalized spacial score (nSPS) is 10.3. The summed E-state index contributed by atoms with van der Waals surface area (Å²) in [4.78, 5) is 14.1. The van der Waals surface area contributed by atoms with Crippen LogP contribution in [0.4, 0.5) is 5.69 Å². The number of hydrogen-bond donors (Lipinski definition) is 1. The Kier molecular flexibility index (Phi) is 6.36. The smallest absolute Gasteiger partial charge is 0.255 e. The number of hydrogen-bond acceptors (Lipinski definition) is 3. The second-order valence-electron chi connectivity index (χ2n) is 4.70. The first-order chi connectivity index (χ1) is 9.10. The summed E-state index contributed by atoms with van der Waals surface area (Å²) in [5.74, 6) is 0.0238. The molecule has 0 unspecified atom stereocenters. The minimum Gasteiger partial charge on any atom is -0.384 e. The number of amides is 1. The molecule has 0 saturated carbocycles. The van der Waals surface area contributed by atoms with Crippen molar-refractivity contribution in [3.8, 4) is 0 Å². The number of nitrogens with one attached hydrogen (secondary N) is 1. The molecule has 0 aromatic heterocycles. The zero-order chi connectivity index (χ0) is 14.3. The first-order valence-corrected chi connectivity index (χ1v) is 6.69. The van der Waals surface area contributed by atoms with Crippen molar-refractivity contribution in [2.24, 2.45) is 0 Å². The number of methoxy groups -OCH3 is 1. The van der Waals surface area contributed by atoms with Gasteiger partial charge in [0, 0.05) is 32.9 Å². The average Bonchev–Trinajstić information content (AvgIpc) is 2.41. The molecule has 0 saturated heterocycles. The van der Waals surface area contributed by atoms with Gasteiger partial charge in [-0.3, -0.25) is 4.79 Å². The van der Waals surface area contributed by atoms with E-state index in [2.05, 4.69) is 12.2 Å². The van der Waals surface area contributed by atoms with Crippen molar-refractivity contribution in [3.63, 3.8) is 0 Å². The number of anilines is 1. The predicted molar refractivity (Wildman–Crippen MR) is 78.8 cm³/mol. The summed E-state index contributed by atoms with van der Waals surface area (Å²) in [6, 6.07) is 5.88. The van der Waals surface area contributed by atoms with Gasteiger partial charge in [-0.25, -0.2) is 0 Å². The monoisotopic (exact) mass is 264 g/mol. The maximum absolute atomic E-state index is 12.4. The first-order valence-electron chi connectivity index (χ1n) is 6.69. The maximum Gasteiger partial charge on any atom is 0.255 e. The molecule has 0 bridgehead atoms. The standard InChI is InChI=1S/C15H24N2O2/c1-5-8-16-14-11-12(2)6-7-13(14)15(18)17(3)9-10-19-4/h6-7,11,16H,5,8-10H2,1-4H3. The molecule has 0 atom stereocenters. The topological polar surface area (TPSA) is 41.6 Å². The van der Waals surface area contributed by atoms with Crippen LogP contribution in [-0.4, -0.2) is 44.7 Å². The summed E-state index contributed by atoms with van der Waals surface area (Å²) in [5, 5.41) is 3.32. The molecular formula is C15H24N2O2. The SMILES string of the molecule is CCCNc1cc(C)ccc1C(=O)N(C)CCOC. The minimum atomic E-state index is 0.0238. The lowest BCUT2D eigenvalue weighted by Gasteiger charge is -2.19. The molecule has 1 amide bonds. The van der Waals surface area contributed by atoms with Crippen molar-refractivity contribution in [1.29, 1.82) is 0 Å². The number of likely N-dealkylation sites (N-methyl/N-ethyl adjacent to an activating group) is 1. The molecule has 1 rings (SSSR count). The molecule has 1 aromatic rings. The number of carbonyl (C=O) groups is 1. The van der Waals surface area contributed by atoms with Crippen molar-refractivity contribution in [1.82, 2.24) is 4.90 Å². The van der Waals surface area contributed by atoms with E-state index in [0.717, 1.165) is 29.8 Å². The number of rotatable bonds is 7. The average molecular weight is 264 g/mol. The Morgan fingerprint density at radius 2 is 2.16 bits per heavy atom. The molecule has 4 heteroatoms. The molecule has 19 heavy (non-hydrogen) atoms. The van der Waals surface area contributed by atoms with E-state index in [1.807, 2.05) is 25.1 Å². The van der Waals surface area contributed by atoms with Crippen LogP contribution in [-0.2, 0) is 4.74 Å². The Labute approximate surface area is 115 Å². The Bertz CT molecular complexity index is 419. The van der Waals surface area contributed by atoms with Gasteiger partial charge >= 0.3 is 0 Å². The van der Waals surface area contributed by atoms with Crippen molar-refractivity contribution >= 4 is 11.6 Å². The highest BCUT2D eigenvalue weighted by molar-refractivity contribution is 5.99. The molecule has 0 aliphatic carbocycles. The number of benzene rings is 1. The van der Waals surface area contributed by atoms with Crippen LogP contribution >= 0.6 is 0 Å². The summed E-state index contributed by atoms with van der Waals surface area (Å²) in [6.45, 7) is 6.14. The summed E-state index contributed by atoms with van der Waals surface area (Å²) >= 11 is 0. The molecule has 0 radical (unpaired) electrons. The van der Waals surface area contributed by atoms with Crippen LogP contribution in [0.1, 0.15) is 29.3 Å². The quantitative estimate of drug-likeness (QED) is 0.823. The van der Waals surface area contributed by atoms with Crippen molar-refractivity contribution in [2.45, 2.75) is 20.3 Å². The summed E-state index contributed by atoms with van der Waals surface area (Å²) < 4.78 is 5.00. The lowest BCUT2D eigenvalue weighted by molar-refractivity contribution is 0.0745. The maximum atomic E-state index is 12.4. The minimum absolute atomic E-state index is 0.0238. The Morgan fingerprint density at radius 1 is 1.42 bits per heavy atom. The third kappa shape index (κ3) is 4.56. The molecule has 0 fully saturated rings. The molecule has 0 spiro atoms. The van der Waals surface area contributed by atoms with E-state index in [4.69, 9.17) is 4.74 Å². The fourth-order valence-electron chi connectivity index (χ4n) is 1.79. The largest absolute Gasteiger partial charge is 0.384 e. The number of nitrogens with zero attached hydrogens (tertiary/aromatic N) is 1. The number of ether oxygens (including phenoxy) is 1. The van der Waals surface area contributed by atoms with Gasteiger partial charge in [0.05, 0.1) is 12.2 Å². The lowest BCUT2D eigenvalue weighted by atomic mass is 10.1. The number of carbonyl (C=O) groups excluding carboxylic acids is 1. The second kappa shape index (κ2) is 7.79. The highest BCUT2D eigenvalue weighted by atomic mass is 16.5. The van der Waals surface area contributed by atoms with Gasteiger partial charge in [0.25, 0.3) is 5.91 Å². The van der Waals surface area contributed by atoms with E-state index >= 15 is 0 Å². The molecule has 4 nitrogen and oxygen atoms in total. The number of aryl methyl sites for hydroxylation is 1.